The fourth-order valence-electron chi connectivity index (χ4n) is 4.16. The summed E-state index contributed by atoms with van der Waals surface area (Å²) in [5.41, 5.74) is 3.49. The molecule has 1 fully saturated rings. The maximum Gasteiger partial charge on any atom is 0.285 e. The first-order valence-electron chi connectivity index (χ1n) is 11.1. The van der Waals surface area contributed by atoms with Gasteiger partial charge in [0, 0.05) is 48.2 Å². The third-order valence-electron chi connectivity index (χ3n) is 6.11. The number of benzene rings is 2. The van der Waals surface area contributed by atoms with Crippen molar-refractivity contribution in [3.63, 3.8) is 0 Å². The van der Waals surface area contributed by atoms with E-state index >= 15 is 0 Å². The highest BCUT2D eigenvalue weighted by atomic mass is 32.3. The molecule has 182 valence electrons. The quantitative estimate of drug-likeness (QED) is 0.395. The summed E-state index contributed by atoms with van der Waals surface area (Å²) in [6.07, 6.45) is 6.37. The van der Waals surface area contributed by atoms with Crippen molar-refractivity contribution in [3.8, 4) is 22.3 Å². The second-order valence-corrected chi connectivity index (χ2v) is 10.7. The molecule has 1 atom stereocenters. The van der Waals surface area contributed by atoms with Crippen LogP contribution in [-0.4, -0.2) is 63.2 Å². The molecule has 10 heteroatoms. The molecule has 1 aliphatic rings. The number of alkyl halides is 2. The second kappa shape index (κ2) is 9.19. The number of hydrogen-bond acceptors (Lipinski definition) is 5. The molecule has 4 aromatic rings. The van der Waals surface area contributed by atoms with E-state index < -0.39 is 16.1 Å². The van der Waals surface area contributed by atoms with Crippen LogP contribution in [0.3, 0.4) is 0 Å². The van der Waals surface area contributed by atoms with Crippen LogP contribution in [0.4, 0.5) is 8.78 Å². The van der Waals surface area contributed by atoms with Crippen LogP contribution in [0.2, 0.25) is 0 Å². The van der Waals surface area contributed by atoms with E-state index in [2.05, 4.69) is 10.1 Å². The Morgan fingerprint density at radius 1 is 1.06 bits per heavy atom. The number of hydrogen-bond donors (Lipinski definition) is 1. The van der Waals surface area contributed by atoms with Gasteiger partial charge in [-0.25, -0.2) is 9.50 Å². The third-order valence-corrected chi connectivity index (χ3v) is 7.23. The van der Waals surface area contributed by atoms with Crippen molar-refractivity contribution in [1.29, 1.82) is 0 Å². The van der Waals surface area contributed by atoms with Crippen LogP contribution < -0.4 is 0 Å². The van der Waals surface area contributed by atoms with E-state index in [-0.39, 0.29) is 12.1 Å². The minimum atomic E-state index is -3.09. The van der Waals surface area contributed by atoms with Gasteiger partial charge in [0.25, 0.3) is 5.92 Å². The fraction of sp³-hybridized carbons (Fsp3) is 0.280. The Morgan fingerprint density at radius 2 is 1.80 bits per heavy atom. The molecule has 2 aromatic heterocycles. The summed E-state index contributed by atoms with van der Waals surface area (Å²) in [5.74, 6) is -2.96. The molecule has 0 bridgehead atoms. The molecule has 1 unspecified atom stereocenters. The number of nitrogens with zero attached hydrogens (tertiary/aromatic N) is 4. The lowest BCUT2D eigenvalue weighted by atomic mass is 10.0. The summed E-state index contributed by atoms with van der Waals surface area (Å²) >= 11 is 0. The van der Waals surface area contributed by atoms with Crippen molar-refractivity contribution in [2.75, 3.05) is 39.1 Å². The smallest absolute Gasteiger partial charge is 0.285 e. The number of aromatic nitrogens is 3. The highest BCUT2D eigenvalue weighted by Gasteiger charge is 2.34. The van der Waals surface area contributed by atoms with E-state index in [1.165, 1.54) is 18.4 Å². The van der Waals surface area contributed by atoms with Crippen molar-refractivity contribution < 1.29 is 22.3 Å². The number of morpholine rings is 1. The van der Waals surface area contributed by atoms with Gasteiger partial charge < -0.3 is 4.74 Å². The lowest BCUT2D eigenvalue weighted by Gasteiger charge is -2.30. The summed E-state index contributed by atoms with van der Waals surface area (Å²) in [4.78, 5) is 6.59. The molecule has 2 aromatic carbocycles. The monoisotopic (exact) mass is 499 g/mol. The molecule has 1 aliphatic heterocycles. The molecular weight excluding hydrogens is 474 g/mol. The third kappa shape index (κ3) is 5.01. The Morgan fingerprint density at radius 3 is 2.51 bits per heavy atom. The van der Waals surface area contributed by atoms with E-state index in [9.17, 15) is 17.5 Å². The number of halogens is 2. The van der Waals surface area contributed by atoms with Crippen LogP contribution in [0.1, 0.15) is 5.56 Å². The van der Waals surface area contributed by atoms with Gasteiger partial charge >= 0.3 is 0 Å². The number of rotatable bonds is 6. The van der Waals surface area contributed by atoms with Gasteiger partial charge in [0.1, 0.15) is 6.26 Å². The average Bonchev–Trinajstić information content (AvgIpc) is 3.27. The number of ether oxygens (including phenoxy) is 1. The largest absolute Gasteiger partial charge is 0.379 e. The molecule has 1 saturated heterocycles. The second-order valence-electron chi connectivity index (χ2n) is 8.67. The van der Waals surface area contributed by atoms with E-state index in [4.69, 9.17) is 4.74 Å². The minimum Gasteiger partial charge on any atom is -0.379 e. The van der Waals surface area contributed by atoms with Gasteiger partial charge in [-0.3, -0.25) is 4.90 Å². The Kier molecular flexibility index (Phi) is 6.22. The first-order valence-corrected chi connectivity index (χ1v) is 13.1. The van der Waals surface area contributed by atoms with E-state index in [1.54, 1.807) is 58.3 Å². The molecule has 5 rings (SSSR count). The van der Waals surface area contributed by atoms with Crippen molar-refractivity contribution in [3.05, 3.63) is 72.7 Å². The molecule has 0 aliphatic carbocycles. The Labute approximate surface area is 202 Å². The summed E-state index contributed by atoms with van der Waals surface area (Å²) in [6.45, 7) is 1.64. The summed E-state index contributed by atoms with van der Waals surface area (Å²) in [6, 6.07) is 13.1. The first kappa shape index (κ1) is 23.7. The van der Waals surface area contributed by atoms with Crippen LogP contribution in [0.15, 0.2) is 72.0 Å². The van der Waals surface area contributed by atoms with Crippen LogP contribution >= 0.6 is 0 Å². The summed E-state index contributed by atoms with van der Waals surface area (Å²) in [7, 11) is -3.09. The predicted molar refractivity (Wildman–Crippen MR) is 130 cm³/mol. The van der Waals surface area contributed by atoms with Gasteiger partial charge in [0.2, 0.25) is 10.2 Å². The highest BCUT2D eigenvalue weighted by Crippen LogP contribution is 2.32. The van der Waals surface area contributed by atoms with Crippen LogP contribution in [-0.2, 0) is 25.1 Å². The normalized spacial score (nSPS) is 16.9. The van der Waals surface area contributed by atoms with Crippen LogP contribution in [0.5, 0.6) is 0 Å². The Bertz CT molecular complexity index is 1400. The van der Waals surface area contributed by atoms with Crippen molar-refractivity contribution in [1.82, 2.24) is 19.5 Å². The maximum absolute atomic E-state index is 14.8. The molecule has 35 heavy (non-hydrogen) atoms. The van der Waals surface area contributed by atoms with Gasteiger partial charge in [0.05, 0.1) is 26.0 Å². The van der Waals surface area contributed by atoms with Crippen LogP contribution in [0.25, 0.3) is 27.9 Å². The van der Waals surface area contributed by atoms with Gasteiger partial charge in [-0.05, 0) is 17.2 Å². The zero-order valence-corrected chi connectivity index (χ0v) is 19.9. The Hall–Kier alpha value is -3.05. The molecule has 3 heterocycles. The average molecular weight is 500 g/mol. The lowest BCUT2D eigenvalue weighted by Crippen LogP contribution is -2.42. The molecule has 0 radical (unpaired) electrons. The first-order chi connectivity index (χ1) is 16.7. The van der Waals surface area contributed by atoms with E-state index in [1.807, 2.05) is 6.07 Å². The molecular formula is C25H25F2N4O3S+. The molecule has 0 saturated carbocycles. The lowest BCUT2D eigenvalue weighted by molar-refractivity contribution is -0.0617. The zero-order chi connectivity index (χ0) is 24.6. The van der Waals surface area contributed by atoms with Gasteiger partial charge in [-0.15, -0.1) is 0 Å². The topological polar surface area (TPSA) is 80.0 Å². The van der Waals surface area contributed by atoms with Gasteiger partial charge in [-0.2, -0.15) is 18.4 Å². The molecule has 7 nitrogen and oxygen atoms in total. The summed E-state index contributed by atoms with van der Waals surface area (Å²) in [5, 5.41) is 4.38. The number of fused-ring (bicyclic) bond motifs is 1. The zero-order valence-electron chi connectivity index (χ0n) is 19.1. The minimum absolute atomic E-state index is 0.0283. The van der Waals surface area contributed by atoms with Crippen LogP contribution in [0, 0.1) is 0 Å². The van der Waals surface area contributed by atoms with Crippen molar-refractivity contribution in [2.24, 2.45) is 0 Å². The molecule has 0 amide bonds. The van der Waals surface area contributed by atoms with Crippen molar-refractivity contribution in [2.45, 2.75) is 10.8 Å². The summed E-state index contributed by atoms with van der Waals surface area (Å²) < 4.78 is 58.4. The van der Waals surface area contributed by atoms with E-state index in [0.29, 0.717) is 36.8 Å². The Balaban J connectivity index is 1.39. The maximum atomic E-state index is 14.8. The highest BCUT2D eigenvalue weighted by molar-refractivity contribution is 7.97. The molecule has 0 spiro atoms. The van der Waals surface area contributed by atoms with Crippen molar-refractivity contribution >= 4 is 15.9 Å². The fourth-order valence-corrected chi connectivity index (χ4v) is 4.84. The molecule has 1 N–H and O–H groups in total. The standard InChI is InChI=1S/C25H24F2N4O3S/c1-35(32,33)22-4-2-3-19(13-22)23-15-29-31-16-20(14-28-24(23)31)18-5-7-21(8-6-18)25(26,27)17-30-9-11-34-12-10-30/h2-8,13-16H,9-12,17H2,1H3/p+1. The van der Waals surface area contributed by atoms with E-state index in [0.717, 1.165) is 22.3 Å². The SMILES string of the molecule is C[S+](=O)(O)c1cccc(-c2cnn3cc(-c4ccc(C(F)(F)CN5CCOCC5)cc4)cnc23)c1. The van der Waals surface area contributed by atoms with Gasteiger partial charge in [0.15, 0.2) is 10.5 Å². The predicted octanol–water partition coefficient (Wildman–Crippen LogP) is 4.45. The van der Waals surface area contributed by atoms with Gasteiger partial charge in [-0.1, -0.05) is 40.6 Å².